The molecular formula is C25H21N3O5S. The first-order valence-electron chi connectivity index (χ1n) is 10.3. The number of benzene rings is 2. The van der Waals surface area contributed by atoms with Crippen LogP contribution in [0, 0.1) is 13.8 Å². The zero-order chi connectivity index (χ0) is 24.6. The van der Waals surface area contributed by atoms with Crippen molar-refractivity contribution in [3.63, 3.8) is 0 Å². The fourth-order valence-electron chi connectivity index (χ4n) is 3.67. The second-order valence-electron chi connectivity index (χ2n) is 7.74. The van der Waals surface area contributed by atoms with Gasteiger partial charge in [0.15, 0.2) is 5.17 Å². The summed E-state index contributed by atoms with van der Waals surface area (Å²) in [6.07, 6.45) is 1.82. The van der Waals surface area contributed by atoms with Gasteiger partial charge in [0, 0.05) is 24.1 Å². The molecule has 0 bridgehead atoms. The zero-order valence-corrected chi connectivity index (χ0v) is 19.5. The molecule has 2 heterocycles. The molecule has 34 heavy (non-hydrogen) atoms. The normalized spacial score (nSPS) is 16.0. The first-order valence-corrected chi connectivity index (χ1v) is 11.1. The molecule has 0 spiro atoms. The van der Waals surface area contributed by atoms with Crippen molar-refractivity contribution < 1.29 is 24.6 Å². The third-order valence-corrected chi connectivity index (χ3v) is 6.53. The Morgan fingerprint density at radius 2 is 1.50 bits per heavy atom. The van der Waals surface area contributed by atoms with Gasteiger partial charge in [-0.3, -0.25) is 9.69 Å². The van der Waals surface area contributed by atoms with Gasteiger partial charge in [0.25, 0.3) is 5.91 Å². The third-order valence-electron chi connectivity index (χ3n) is 5.47. The van der Waals surface area contributed by atoms with Crippen molar-refractivity contribution in [2.45, 2.75) is 13.8 Å². The number of aromatic nitrogens is 1. The van der Waals surface area contributed by atoms with Gasteiger partial charge >= 0.3 is 11.9 Å². The Morgan fingerprint density at radius 3 is 2.06 bits per heavy atom. The topological polar surface area (TPSA) is 112 Å². The first kappa shape index (κ1) is 23.1. The van der Waals surface area contributed by atoms with Crippen molar-refractivity contribution >= 4 is 46.5 Å². The number of carboxylic acid groups (broad SMARTS) is 2. The summed E-state index contributed by atoms with van der Waals surface area (Å²) in [5, 5.41) is 18.7. The number of nitrogens with zero attached hydrogens (tertiary/aromatic N) is 3. The van der Waals surface area contributed by atoms with Gasteiger partial charge in [0.2, 0.25) is 0 Å². The van der Waals surface area contributed by atoms with E-state index in [9.17, 15) is 14.4 Å². The molecule has 0 radical (unpaired) electrons. The molecule has 2 N–H and O–H groups in total. The van der Waals surface area contributed by atoms with E-state index < -0.39 is 11.9 Å². The first-order chi connectivity index (χ1) is 16.2. The van der Waals surface area contributed by atoms with Crippen LogP contribution in [-0.4, -0.2) is 49.7 Å². The van der Waals surface area contributed by atoms with E-state index in [1.54, 1.807) is 43.4 Å². The summed E-state index contributed by atoms with van der Waals surface area (Å²) < 4.78 is 2.00. The van der Waals surface area contributed by atoms with E-state index in [1.165, 1.54) is 28.8 Å². The Balaban J connectivity index is 1.63. The van der Waals surface area contributed by atoms with Gasteiger partial charge in [-0.1, -0.05) is 0 Å². The van der Waals surface area contributed by atoms with Crippen LogP contribution in [0.15, 0.2) is 64.5 Å². The van der Waals surface area contributed by atoms with Crippen molar-refractivity contribution in [3.05, 3.63) is 87.6 Å². The number of thioether (sulfide) groups is 1. The largest absolute Gasteiger partial charge is 0.478 e. The SMILES string of the molecule is Cc1cc(C=C2SC(=Nc3ccc(C(=O)O)cc3)N(C)C2=O)c(C)n1-c1ccc(C(=O)O)cc1. The van der Waals surface area contributed by atoms with E-state index >= 15 is 0 Å². The van der Waals surface area contributed by atoms with Crippen LogP contribution in [0.3, 0.4) is 0 Å². The minimum Gasteiger partial charge on any atom is -0.478 e. The highest BCUT2D eigenvalue weighted by Gasteiger charge is 2.30. The minimum atomic E-state index is -1.01. The molecule has 0 aliphatic carbocycles. The second kappa shape index (κ2) is 9.03. The average Bonchev–Trinajstić information content (AvgIpc) is 3.23. The molecule has 2 aromatic carbocycles. The Labute approximate surface area is 199 Å². The summed E-state index contributed by atoms with van der Waals surface area (Å²) in [4.78, 5) is 41.5. The van der Waals surface area contributed by atoms with Crippen LogP contribution in [0.1, 0.15) is 37.7 Å². The summed E-state index contributed by atoms with van der Waals surface area (Å²) in [5.74, 6) is -2.17. The molecule has 3 aromatic rings. The predicted molar refractivity (Wildman–Crippen MR) is 131 cm³/mol. The van der Waals surface area contributed by atoms with Gasteiger partial charge in [0.1, 0.15) is 0 Å². The van der Waals surface area contributed by atoms with Crippen molar-refractivity contribution in [2.24, 2.45) is 4.99 Å². The van der Waals surface area contributed by atoms with E-state index in [4.69, 9.17) is 10.2 Å². The number of carbonyl (C=O) groups is 3. The fourth-order valence-corrected chi connectivity index (χ4v) is 4.64. The molecule has 9 heteroatoms. The molecule has 1 aliphatic rings. The van der Waals surface area contributed by atoms with Gasteiger partial charge in [-0.2, -0.15) is 0 Å². The fraction of sp³-hybridized carbons (Fsp3) is 0.120. The Morgan fingerprint density at radius 1 is 0.941 bits per heavy atom. The Bertz CT molecular complexity index is 1370. The number of carboxylic acids is 2. The lowest BCUT2D eigenvalue weighted by molar-refractivity contribution is -0.121. The van der Waals surface area contributed by atoms with Gasteiger partial charge < -0.3 is 14.8 Å². The third kappa shape index (κ3) is 4.38. The standard InChI is InChI=1S/C25H21N3O5S/c1-14-12-18(15(2)28(14)20-10-6-17(7-11-20)24(32)33)13-21-22(29)27(3)25(34-21)26-19-8-4-16(5-9-19)23(30)31/h4-13H,1-3H3,(H,30,31)(H,32,33). The molecule has 1 saturated heterocycles. The molecule has 1 aromatic heterocycles. The molecule has 1 aliphatic heterocycles. The van der Waals surface area contributed by atoms with Gasteiger partial charge in [0.05, 0.1) is 21.7 Å². The molecule has 172 valence electrons. The lowest BCUT2D eigenvalue weighted by Gasteiger charge is -2.10. The number of aromatic carboxylic acids is 2. The molecule has 0 unspecified atom stereocenters. The molecular weight excluding hydrogens is 454 g/mol. The van der Waals surface area contributed by atoms with Crippen molar-refractivity contribution in [1.29, 1.82) is 0 Å². The number of likely N-dealkylation sites (N-methyl/N-ethyl adjacent to an activating group) is 1. The highest BCUT2D eigenvalue weighted by molar-refractivity contribution is 8.18. The number of amides is 1. The van der Waals surface area contributed by atoms with Crippen LogP contribution in [0.5, 0.6) is 0 Å². The summed E-state index contributed by atoms with van der Waals surface area (Å²) in [7, 11) is 1.65. The Kier molecular flexibility index (Phi) is 6.12. The average molecular weight is 476 g/mol. The number of hydrogen-bond donors (Lipinski definition) is 2. The van der Waals surface area contributed by atoms with E-state index in [0.29, 0.717) is 15.8 Å². The summed E-state index contributed by atoms with van der Waals surface area (Å²) in [6.45, 7) is 3.89. The molecule has 1 amide bonds. The molecule has 8 nitrogen and oxygen atoms in total. The van der Waals surface area contributed by atoms with Crippen LogP contribution >= 0.6 is 11.8 Å². The van der Waals surface area contributed by atoms with E-state index in [0.717, 1.165) is 22.6 Å². The van der Waals surface area contributed by atoms with Crippen LogP contribution < -0.4 is 0 Å². The van der Waals surface area contributed by atoms with E-state index in [2.05, 4.69) is 4.99 Å². The second-order valence-corrected chi connectivity index (χ2v) is 8.74. The van der Waals surface area contributed by atoms with Crippen LogP contribution in [0.2, 0.25) is 0 Å². The van der Waals surface area contributed by atoms with Crippen molar-refractivity contribution in [2.75, 3.05) is 7.05 Å². The number of aryl methyl sites for hydroxylation is 1. The maximum atomic E-state index is 12.8. The number of hydrogen-bond acceptors (Lipinski definition) is 5. The Hall–Kier alpha value is -4.11. The van der Waals surface area contributed by atoms with E-state index in [-0.39, 0.29) is 17.0 Å². The lowest BCUT2D eigenvalue weighted by Crippen LogP contribution is -2.23. The monoisotopic (exact) mass is 475 g/mol. The maximum Gasteiger partial charge on any atom is 0.335 e. The minimum absolute atomic E-state index is 0.168. The number of aliphatic imine (C=N–C) groups is 1. The molecule has 1 fully saturated rings. The number of amidine groups is 1. The molecule has 0 saturated carbocycles. The summed E-state index contributed by atoms with van der Waals surface area (Å²) in [5.41, 5.74) is 4.50. The summed E-state index contributed by atoms with van der Waals surface area (Å²) in [6, 6.07) is 14.7. The summed E-state index contributed by atoms with van der Waals surface area (Å²) >= 11 is 1.25. The molecule has 0 atom stereocenters. The zero-order valence-electron chi connectivity index (χ0n) is 18.6. The van der Waals surface area contributed by atoms with Crippen LogP contribution in [0.25, 0.3) is 11.8 Å². The highest BCUT2D eigenvalue weighted by atomic mass is 32.2. The van der Waals surface area contributed by atoms with E-state index in [1.807, 2.05) is 30.6 Å². The van der Waals surface area contributed by atoms with Crippen LogP contribution in [-0.2, 0) is 4.79 Å². The maximum absolute atomic E-state index is 12.8. The van der Waals surface area contributed by atoms with Crippen LogP contribution in [0.4, 0.5) is 5.69 Å². The highest BCUT2D eigenvalue weighted by Crippen LogP contribution is 2.34. The molecule has 4 rings (SSSR count). The lowest BCUT2D eigenvalue weighted by atomic mass is 10.2. The van der Waals surface area contributed by atoms with Gasteiger partial charge in [-0.15, -0.1) is 0 Å². The van der Waals surface area contributed by atoms with Gasteiger partial charge in [-0.05, 0) is 91.8 Å². The number of carbonyl (C=O) groups excluding carboxylic acids is 1. The van der Waals surface area contributed by atoms with Gasteiger partial charge in [-0.25, -0.2) is 14.6 Å². The van der Waals surface area contributed by atoms with Crippen molar-refractivity contribution in [3.8, 4) is 5.69 Å². The van der Waals surface area contributed by atoms with Crippen molar-refractivity contribution in [1.82, 2.24) is 9.47 Å². The smallest absolute Gasteiger partial charge is 0.335 e. The number of rotatable bonds is 5. The predicted octanol–water partition coefficient (Wildman–Crippen LogP) is 4.72. The quantitative estimate of drug-likeness (QED) is 0.516.